The maximum Gasteiger partial charge on any atom is 3.00 e. The van der Waals surface area contributed by atoms with Crippen LogP contribution in [0.4, 0.5) is 0 Å². The van der Waals surface area contributed by atoms with Crippen molar-refractivity contribution in [1.29, 1.82) is 0 Å². The molecule has 0 aromatic rings. The van der Waals surface area contributed by atoms with E-state index in [9.17, 15) is 0 Å². The van der Waals surface area contributed by atoms with Crippen LogP contribution in [-0.4, -0.2) is 17.4 Å². The van der Waals surface area contributed by atoms with Gasteiger partial charge in [-0.05, 0) is 0 Å². The normalized spacial score (nSPS) is 7.38. The van der Waals surface area contributed by atoms with Crippen molar-refractivity contribution in [2.45, 2.75) is 0 Å². The van der Waals surface area contributed by atoms with Gasteiger partial charge in [-0.2, -0.15) is 7.82 Å². The molecule has 0 amide bonds. The van der Waals surface area contributed by atoms with E-state index in [0.29, 0.717) is 0 Å². The second-order valence-electron chi connectivity index (χ2n) is 0.447. The summed E-state index contributed by atoms with van der Waals surface area (Å²) in [6.45, 7) is 0. The van der Waals surface area contributed by atoms with Gasteiger partial charge in [0, 0.05) is 43.3 Å². The molecule has 0 aromatic heterocycles. The first-order chi connectivity index (χ1) is 2.00. The van der Waals surface area contributed by atoms with Crippen molar-refractivity contribution in [2.24, 2.45) is 0 Å². The van der Waals surface area contributed by atoms with Gasteiger partial charge in [-0.25, -0.2) is 0 Å². The van der Waals surface area contributed by atoms with Crippen LogP contribution >= 0.6 is 7.82 Å². The first-order valence-corrected chi connectivity index (χ1v) is 2.19. The fourth-order valence-corrected chi connectivity index (χ4v) is 0. The molecule has 0 aromatic carbocycles. The summed E-state index contributed by atoms with van der Waals surface area (Å²) in [5.74, 6) is 0. The average Bonchev–Trinajstić information content (AvgIpc) is 0.722. The quantitative estimate of drug-likeness (QED) is 0.344. The molecule has 0 fully saturated rings. The van der Waals surface area contributed by atoms with Gasteiger partial charge < -0.3 is 19.2 Å². The van der Waals surface area contributed by atoms with E-state index in [1.807, 2.05) is 0 Å². The summed E-state index contributed by atoms with van der Waals surface area (Å²) in [6.07, 6.45) is 0. The van der Waals surface area contributed by atoms with E-state index < -0.39 is 7.82 Å². The van der Waals surface area contributed by atoms with Gasteiger partial charge >= 0.3 is 17.4 Å². The van der Waals surface area contributed by atoms with E-state index >= 15 is 0 Å². The molecular weight excluding hydrogens is 277 g/mol. The molecule has 4 nitrogen and oxygen atoms in total. The molecule has 0 atom stereocenters. The zero-order valence-electron chi connectivity index (χ0n) is 3.46. The fourth-order valence-electron chi connectivity index (χ4n) is 0. The molecule has 47 valence electrons. The van der Waals surface area contributed by atoms with Gasteiger partial charge in [-0.3, -0.25) is 0 Å². The van der Waals surface area contributed by atoms with Gasteiger partial charge in [-0.1, -0.05) is 0 Å². The van der Waals surface area contributed by atoms with Crippen LogP contribution in [0.3, 0.4) is 0 Å². The standard InChI is InChI=1S/Al.Cu.H3O4P.Zr/c;;1-5(2,3)4;/h;;(H3,1,2,3,4);/q+3;;;/p-3. The summed E-state index contributed by atoms with van der Waals surface area (Å²) in [7, 11) is -5.39. The minimum atomic E-state index is -5.39. The van der Waals surface area contributed by atoms with Crippen molar-refractivity contribution in [1.82, 2.24) is 0 Å². The topological polar surface area (TPSA) is 86.2 Å². The Bertz CT molecular complexity index is 62.2. The van der Waals surface area contributed by atoms with E-state index in [2.05, 4.69) is 0 Å². The summed E-state index contributed by atoms with van der Waals surface area (Å²) in [4.78, 5) is 25.6. The van der Waals surface area contributed by atoms with Gasteiger partial charge in [0.25, 0.3) is 0 Å². The fraction of sp³-hybridized carbons (Fsp3) is 0. The van der Waals surface area contributed by atoms with E-state index in [-0.39, 0.29) is 60.6 Å². The monoisotopic (exact) mass is 275 g/mol. The third-order valence-electron chi connectivity index (χ3n) is 0. The molecule has 1 radical (unpaired) electrons. The Morgan fingerprint density at radius 1 is 1.12 bits per heavy atom. The largest absolute Gasteiger partial charge is 3.00 e. The molecule has 0 bridgehead atoms. The Kier molecular flexibility index (Phi) is 25.4. The Balaban J connectivity index is -0.0000000267. The maximum absolute atomic E-state index is 8.55. The minimum Gasteiger partial charge on any atom is -0.822 e. The van der Waals surface area contributed by atoms with E-state index in [0.717, 1.165) is 0 Å². The van der Waals surface area contributed by atoms with Crippen LogP contribution in [0, 0.1) is 0 Å². The van der Waals surface area contributed by atoms with Gasteiger partial charge in [0.2, 0.25) is 0 Å². The third kappa shape index (κ3) is 95.5. The molecule has 0 unspecified atom stereocenters. The summed E-state index contributed by atoms with van der Waals surface area (Å²) < 4.78 is 8.55. The van der Waals surface area contributed by atoms with Crippen LogP contribution in [0.15, 0.2) is 0 Å². The molecule has 0 N–H and O–H groups in total. The molecule has 0 spiro atoms. The summed E-state index contributed by atoms with van der Waals surface area (Å²) in [5.41, 5.74) is 0. The van der Waals surface area contributed by atoms with Gasteiger partial charge in [0.05, 0.1) is 0 Å². The van der Waals surface area contributed by atoms with Gasteiger partial charge in [-0.15, -0.1) is 0 Å². The van der Waals surface area contributed by atoms with Gasteiger partial charge in [0.15, 0.2) is 0 Å². The van der Waals surface area contributed by atoms with E-state index in [4.69, 9.17) is 19.2 Å². The Morgan fingerprint density at radius 3 is 1.12 bits per heavy atom. The second kappa shape index (κ2) is 9.05. The molecular formula is AlCuO4PZr. The van der Waals surface area contributed by atoms with Crippen molar-refractivity contribution in [3.8, 4) is 0 Å². The molecule has 0 aliphatic rings. The predicted octanol–water partition coefficient (Wildman–Crippen LogP) is -3.21. The number of hydrogen-bond acceptors (Lipinski definition) is 4. The van der Waals surface area contributed by atoms with Crippen molar-refractivity contribution in [3.05, 3.63) is 0 Å². The Labute approximate surface area is 87.0 Å². The number of hydrogen-bond donors (Lipinski definition) is 0. The maximum atomic E-state index is 8.55. The van der Waals surface area contributed by atoms with Crippen LogP contribution in [0.1, 0.15) is 0 Å². The summed E-state index contributed by atoms with van der Waals surface area (Å²) in [5, 5.41) is 0. The first kappa shape index (κ1) is 22.5. The number of rotatable bonds is 0. The molecule has 8 heavy (non-hydrogen) atoms. The summed E-state index contributed by atoms with van der Waals surface area (Å²) >= 11 is 0. The molecule has 0 rings (SSSR count). The van der Waals surface area contributed by atoms with Crippen molar-refractivity contribution >= 4 is 25.2 Å². The zero-order valence-corrected chi connectivity index (χ0v) is 8.91. The summed E-state index contributed by atoms with van der Waals surface area (Å²) in [6, 6.07) is 0. The predicted molar refractivity (Wildman–Crippen MR) is 13.4 cm³/mol. The minimum absolute atomic E-state index is 0. The van der Waals surface area contributed by atoms with E-state index in [1.165, 1.54) is 0 Å². The van der Waals surface area contributed by atoms with E-state index in [1.54, 1.807) is 0 Å². The second-order valence-corrected chi connectivity index (χ2v) is 1.34. The molecule has 0 saturated heterocycles. The first-order valence-electron chi connectivity index (χ1n) is 0.730. The molecule has 8 heteroatoms. The van der Waals surface area contributed by atoms with Crippen molar-refractivity contribution < 1.29 is 62.5 Å². The SMILES string of the molecule is O=P([O-])([O-])[O-].[Al+3].[Cu].[Zr]. The molecule has 0 aliphatic heterocycles. The van der Waals surface area contributed by atoms with Gasteiger partial charge in [0.1, 0.15) is 0 Å². The molecule has 0 saturated carbocycles. The third-order valence-corrected chi connectivity index (χ3v) is 0. The average molecular weight is 277 g/mol. The smallest absolute Gasteiger partial charge is 0.822 e. The van der Waals surface area contributed by atoms with Crippen LogP contribution < -0.4 is 14.7 Å². The van der Waals surface area contributed by atoms with Crippen LogP contribution in [0.5, 0.6) is 0 Å². The Hall–Kier alpha value is 2.05. The molecule has 0 aliphatic carbocycles. The Morgan fingerprint density at radius 2 is 1.12 bits per heavy atom. The zero-order chi connectivity index (χ0) is 4.50. The van der Waals surface area contributed by atoms with Crippen LogP contribution in [0.2, 0.25) is 0 Å². The van der Waals surface area contributed by atoms with Crippen LogP contribution in [-0.2, 0) is 47.8 Å². The van der Waals surface area contributed by atoms with Crippen molar-refractivity contribution in [2.75, 3.05) is 0 Å². The van der Waals surface area contributed by atoms with Crippen LogP contribution in [0.25, 0.3) is 0 Å². The molecule has 0 heterocycles. The number of phosphoric acid groups is 1. The van der Waals surface area contributed by atoms with Crippen molar-refractivity contribution in [3.63, 3.8) is 0 Å².